The van der Waals surface area contributed by atoms with Crippen molar-refractivity contribution in [2.75, 3.05) is 4.72 Å². The van der Waals surface area contributed by atoms with E-state index in [0.717, 1.165) is 11.1 Å². The van der Waals surface area contributed by atoms with Gasteiger partial charge in [0.05, 0.1) is 11.4 Å². The van der Waals surface area contributed by atoms with Crippen LogP contribution in [0.25, 0.3) is 0 Å². The first-order valence-corrected chi connectivity index (χ1v) is 8.21. The predicted octanol–water partition coefficient (Wildman–Crippen LogP) is 3.90. The number of nitrogens with one attached hydrogen (secondary N) is 1. The van der Waals surface area contributed by atoms with Gasteiger partial charge < -0.3 is 0 Å². The van der Waals surface area contributed by atoms with Crippen LogP contribution in [0.4, 0.5) is 5.69 Å². The maximum atomic E-state index is 12.1. The zero-order valence-electron chi connectivity index (χ0n) is 11.4. The number of anilines is 1. The summed E-state index contributed by atoms with van der Waals surface area (Å²) in [6.07, 6.45) is 0. The summed E-state index contributed by atoms with van der Waals surface area (Å²) in [6.45, 7) is 3.85. The SMILES string of the molecule is Cc1ccc(NS(=O)(=O)Cc2ccc(Cl)cc2)c(C)c1. The van der Waals surface area contributed by atoms with E-state index in [0.29, 0.717) is 16.3 Å². The summed E-state index contributed by atoms with van der Waals surface area (Å²) in [5.41, 5.74) is 3.32. The Morgan fingerprint density at radius 2 is 1.70 bits per heavy atom. The molecule has 20 heavy (non-hydrogen) atoms. The van der Waals surface area contributed by atoms with Gasteiger partial charge in [0.1, 0.15) is 0 Å². The highest BCUT2D eigenvalue weighted by Crippen LogP contribution is 2.19. The van der Waals surface area contributed by atoms with Crippen molar-refractivity contribution in [2.24, 2.45) is 0 Å². The van der Waals surface area contributed by atoms with Crippen molar-refractivity contribution in [1.82, 2.24) is 0 Å². The standard InChI is InChI=1S/C15H16ClNO2S/c1-11-3-8-15(12(2)9-11)17-20(18,19)10-13-4-6-14(16)7-5-13/h3-9,17H,10H2,1-2H3. The van der Waals surface area contributed by atoms with Gasteiger partial charge in [-0.15, -0.1) is 0 Å². The van der Waals surface area contributed by atoms with E-state index in [2.05, 4.69) is 4.72 Å². The van der Waals surface area contributed by atoms with Crippen molar-refractivity contribution in [3.63, 3.8) is 0 Å². The molecule has 106 valence electrons. The van der Waals surface area contributed by atoms with Gasteiger partial charge in [-0.05, 0) is 43.2 Å². The summed E-state index contributed by atoms with van der Waals surface area (Å²) in [7, 11) is -3.43. The Balaban J connectivity index is 2.17. The Morgan fingerprint density at radius 3 is 2.30 bits per heavy atom. The molecule has 0 heterocycles. The van der Waals surface area contributed by atoms with Crippen LogP contribution in [0.3, 0.4) is 0 Å². The second-order valence-electron chi connectivity index (χ2n) is 4.81. The molecule has 0 amide bonds. The minimum atomic E-state index is -3.43. The lowest BCUT2D eigenvalue weighted by atomic mass is 10.1. The average molecular weight is 310 g/mol. The minimum absolute atomic E-state index is 0.0719. The van der Waals surface area contributed by atoms with E-state index in [1.165, 1.54) is 0 Å². The third-order valence-electron chi connectivity index (χ3n) is 2.92. The molecule has 0 aliphatic heterocycles. The fourth-order valence-corrected chi connectivity index (χ4v) is 3.33. The first-order chi connectivity index (χ1) is 9.35. The molecule has 0 bridgehead atoms. The number of hydrogen-bond acceptors (Lipinski definition) is 2. The molecular formula is C15H16ClNO2S. The zero-order valence-corrected chi connectivity index (χ0v) is 12.9. The highest BCUT2D eigenvalue weighted by Gasteiger charge is 2.13. The molecule has 2 aromatic carbocycles. The van der Waals surface area contributed by atoms with Crippen molar-refractivity contribution in [2.45, 2.75) is 19.6 Å². The fourth-order valence-electron chi connectivity index (χ4n) is 1.93. The minimum Gasteiger partial charge on any atom is -0.283 e. The molecule has 3 nitrogen and oxygen atoms in total. The van der Waals surface area contributed by atoms with Crippen molar-refractivity contribution < 1.29 is 8.42 Å². The van der Waals surface area contributed by atoms with Gasteiger partial charge in [0.2, 0.25) is 10.0 Å². The molecule has 2 rings (SSSR count). The van der Waals surface area contributed by atoms with Crippen molar-refractivity contribution in [1.29, 1.82) is 0 Å². The van der Waals surface area contributed by atoms with Crippen LogP contribution in [0.2, 0.25) is 5.02 Å². The first kappa shape index (κ1) is 14.9. The van der Waals surface area contributed by atoms with Crippen LogP contribution in [0.15, 0.2) is 42.5 Å². The number of hydrogen-bond donors (Lipinski definition) is 1. The molecule has 0 atom stereocenters. The molecule has 0 aliphatic carbocycles. The highest BCUT2D eigenvalue weighted by molar-refractivity contribution is 7.91. The van der Waals surface area contributed by atoms with E-state index in [9.17, 15) is 8.42 Å². The fraction of sp³-hybridized carbons (Fsp3) is 0.200. The second-order valence-corrected chi connectivity index (χ2v) is 6.96. The molecular weight excluding hydrogens is 294 g/mol. The number of rotatable bonds is 4. The van der Waals surface area contributed by atoms with Crippen LogP contribution in [0, 0.1) is 13.8 Å². The first-order valence-electron chi connectivity index (χ1n) is 6.18. The second kappa shape index (κ2) is 5.85. The van der Waals surface area contributed by atoms with Crippen molar-refractivity contribution in [3.8, 4) is 0 Å². The molecule has 1 N–H and O–H groups in total. The third kappa shape index (κ3) is 3.99. The molecule has 0 saturated heterocycles. The van der Waals surface area contributed by atoms with Gasteiger partial charge in [0, 0.05) is 5.02 Å². The van der Waals surface area contributed by atoms with Gasteiger partial charge in [-0.2, -0.15) is 0 Å². The lowest BCUT2D eigenvalue weighted by Crippen LogP contribution is -2.15. The van der Waals surface area contributed by atoms with Crippen LogP contribution < -0.4 is 4.72 Å². The summed E-state index contributed by atoms with van der Waals surface area (Å²) in [5, 5.41) is 0.591. The lowest BCUT2D eigenvalue weighted by molar-refractivity contribution is 0.600. The van der Waals surface area contributed by atoms with E-state index in [4.69, 9.17) is 11.6 Å². The molecule has 5 heteroatoms. The highest BCUT2D eigenvalue weighted by atomic mass is 35.5. The monoisotopic (exact) mass is 309 g/mol. The summed E-state index contributed by atoms with van der Waals surface area (Å²) >= 11 is 5.78. The predicted molar refractivity (Wildman–Crippen MR) is 83.6 cm³/mol. The van der Waals surface area contributed by atoms with Crippen molar-refractivity contribution in [3.05, 3.63) is 64.2 Å². The molecule has 2 aromatic rings. The molecule has 0 unspecified atom stereocenters. The number of benzene rings is 2. The van der Waals surface area contributed by atoms with E-state index >= 15 is 0 Å². The zero-order chi connectivity index (χ0) is 14.8. The molecule has 0 aliphatic rings. The van der Waals surface area contributed by atoms with E-state index in [-0.39, 0.29) is 5.75 Å². The lowest BCUT2D eigenvalue weighted by Gasteiger charge is -2.11. The summed E-state index contributed by atoms with van der Waals surface area (Å²) in [4.78, 5) is 0. The average Bonchev–Trinajstić information content (AvgIpc) is 2.35. The Kier molecular flexibility index (Phi) is 4.35. The summed E-state index contributed by atoms with van der Waals surface area (Å²) < 4.78 is 26.9. The smallest absolute Gasteiger partial charge is 0.236 e. The van der Waals surface area contributed by atoms with Crippen molar-refractivity contribution >= 4 is 27.3 Å². The molecule has 0 radical (unpaired) electrons. The van der Waals surface area contributed by atoms with Crippen LogP contribution in [-0.4, -0.2) is 8.42 Å². The Morgan fingerprint density at radius 1 is 1.05 bits per heavy atom. The number of aryl methyl sites for hydroxylation is 2. The van der Waals surface area contributed by atoms with Gasteiger partial charge in [0.15, 0.2) is 0 Å². The van der Waals surface area contributed by atoms with Gasteiger partial charge in [0.25, 0.3) is 0 Å². The normalized spacial score (nSPS) is 11.3. The molecule has 0 saturated carbocycles. The number of halogens is 1. The van der Waals surface area contributed by atoms with Gasteiger partial charge >= 0.3 is 0 Å². The van der Waals surface area contributed by atoms with E-state index < -0.39 is 10.0 Å². The van der Waals surface area contributed by atoms with Crippen LogP contribution in [0.5, 0.6) is 0 Å². The molecule has 0 spiro atoms. The van der Waals surface area contributed by atoms with Crippen LogP contribution >= 0.6 is 11.6 Å². The molecule has 0 fully saturated rings. The number of sulfonamides is 1. The third-order valence-corrected chi connectivity index (χ3v) is 4.41. The van der Waals surface area contributed by atoms with Gasteiger partial charge in [-0.1, -0.05) is 41.4 Å². The summed E-state index contributed by atoms with van der Waals surface area (Å²) in [5.74, 6) is -0.0719. The summed E-state index contributed by atoms with van der Waals surface area (Å²) in [6, 6.07) is 12.4. The van der Waals surface area contributed by atoms with Crippen LogP contribution in [-0.2, 0) is 15.8 Å². The van der Waals surface area contributed by atoms with E-state index in [1.54, 1.807) is 30.3 Å². The Hall–Kier alpha value is -1.52. The quantitative estimate of drug-likeness (QED) is 0.931. The Labute approximate surface area is 124 Å². The topological polar surface area (TPSA) is 46.2 Å². The van der Waals surface area contributed by atoms with Gasteiger partial charge in [-0.25, -0.2) is 8.42 Å². The van der Waals surface area contributed by atoms with Gasteiger partial charge in [-0.3, -0.25) is 4.72 Å². The van der Waals surface area contributed by atoms with E-state index in [1.807, 2.05) is 26.0 Å². The maximum Gasteiger partial charge on any atom is 0.236 e. The van der Waals surface area contributed by atoms with Crippen LogP contribution in [0.1, 0.15) is 16.7 Å². The Bertz CT molecular complexity index is 709. The largest absolute Gasteiger partial charge is 0.283 e. The molecule has 0 aromatic heterocycles. The maximum absolute atomic E-state index is 12.1.